The summed E-state index contributed by atoms with van der Waals surface area (Å²) < 4.78 is 1.91. The lowest BCUT2D eigenvalue weighted by Crippen LogP contribution is -2.37. The summed E-state index contributed by atoms with van der Waals surface area (Å²) in [4.78, 5) is 29.8. The summed E-state index contributed by atoms with van der Waals surface area (Å²) in [5, 5.41) is 10.5. The van der Waals surface area contributed by atoms with Crippen LogP contribution in [-0.4, -0.2) is 50.6 Å². The van der Waals surface area contributed by atoms with Crippen LogP contribution in [0.5, 0.6) is 0 Å². The van der Waals surface area contributed by atoms with Crippen molar-refractivity contribution in [3.8, 4) is 23.1 Å². The molecule has 2 aliphatic heterocycles. The lowest BCUT2D eigenvalue weighted by molar-refractivity contribution is -0.137. The first-order valence-electron chi connectivity index (χ1n) is 9.40. The number of rotatable bonds is 2. The molecule has 0 spiro atoms. The van der Waals surface area contributed by atoms with Gasteiger partial charge in [-0.25, -0.2) is 4.98 Å². The van der Waals surface area contributed by atoms with Crippen molar-refractivity contribution in [2.45, 2.75) is 37.8 Å². The largest absolute Gasteiger partial charge is 0.369 e. The van der Waals surface area contributed by atoms with Gasteiger partial charge in [0.25, 0.3) is 11.8 Å². The van der Waals surface area contributed by atoms with Gasteiger partial charge in [-0.05, 0) is 31.4 Å². The minimum absolute atomic E-state index is 0.287. The molecule has 0 aliphatic carbocycles. The van der Waals surface area contributed by atoms with Gasteiger partial charge < -0.3 is 20.3 Å². The Bertz CT molecular complexity index is 1030. The first kappa shape index (κ1) is 18.3. The van der Waals surface area contributed by atoms with Crippen molar-refractivity contribution in [3.63, 3.8) is 0 Å². The second-order valence-electron chi connectivity index (χ2n) is 7.37. The van der Waals surface area contributed by atoms with E-state index in [1.807, 2.05) is 28.8 Å². The molecule has 3 N–H and O–H groups in total. The molecule has 7 nitrogen and oxygen atoms in total. The fraction of sp³-hybridized carbons (Fsp3) is 0.381. The van der Waals surface area contributed by atoms with Gasteiger partial charge in [-0.15, -0.1) is 0 Å². The molecule has 4 rings (SSSR count). The summed E-state index contributed by atoms with van der Waals surface area (Å²) >= 11 is 0. The normalized spacial score (nSPS) is 21.2. The third-order valence-electron chi connectivity index (χ3n) is 5.40. The first-order valence-corrected chi connectivity index (χ1v) is 9.40. The molecule has 2 amide bonds. The zero-order chi connectivity index (χ0) is 19.9. The van der Waals surface area contributed by atoms with Gasteiger partial charge in [-0.3, -0.25) is 9.59 Å². The molecule has 7 heteroatoms. The van der Waals surface area contributed by atoms with Gasteiger partial charge in [-0.1, -0.05) is 24.0 Å². The van der Waals surface area contributed by atoms with E-state index in [0.29, 0.717) is 18.5 Å². The summed E-state index contributed by atoms with van der Waals surface area (Å²) in [5.74, 6) is 5.04. The minimum atomic E-state index is -1.63. The lowest BCUT2D eigenvalue weighted by atomic mass is 10.0. The number of nitrogens with two attached hydrogens (primary N) is 1. The number of nitrogens with zero attached hydrogens (tertiary/aromatic N) is 3. The molecule has 1 atom stereocenters. The average molecular weight is 378 g/mol. The number of fused-ring (bicyclic) bond motifs is 1. The number of aliphatic hydroxyl groups is 1. The lowest BCUT2D eigenvalue weighted by Gasteiger charge is -2.16. The van der Waals surface area contributed by atoms with Gasteiger partial charge in [0.15, 0.2) is 5.82 Å². The Hall–Kier alpha value is -3.11. The molecule has 0 saturated carbocycles. The van der Waals surface area contributed by atoms with Crippen molar-refractivity contribution in [3.05, 3.63) is 41.3 Å². The molecule has 28 heavy (non-hydrogen) atoms. The fourth-order valence-corrected chi connectivity index (χ4v) is 3.85. The van der Waals surface area contributed by atoms with E-state index in [-0.39, 0.29) is 11.7 Å². The van der Waals surface area contributed by atoms with E-state index in [2.05, 4.69) is 16.8 Å². The maximum Gasteiger partial charge on any atom is 0.284 e. The summed E-state index contributed by atoms with van der Waals surface area (Å²) in [7, 11) is 1.65. The number of aromatic nitrogens is 2. The highest BCUT2D eigenvalue weighted by Gasteiger charge is 2.42. The van der Waals surface area contributed by atoms with Gasteiger partial charge in [0, 0.05) is 43.4 Å². The molecule has 1 aromatic heterocycles. The molecule has 1 saturated heterocycles. The summed E-state index contributed by atoms with van der Waals surface area (Å²) in [6.45, 7) is 1.23. The topological polar surface area (TPSA) is 101 Å². The number of imidazole rings is 1. The van der Waals surface area contributed by atoms with Gasteiger partial charge in [-0.2, -0.15) is 0 Å². The van der Waals surface area contributed by atoms with E-state index in [0.717, 1.165) is 42.8 Å². The maximum atomic E-state index is 12.1. The zero-order valence-electron chi connectivity index (χ0n) is 15.7. The number of benzene rings is 1. The van der Waals surface area contributed by atoms with Crippen molar-refractivity contribution >= 4 is 11.8 Å². The zero-order valence-corrected chi connectivity index (χ0v) is 15.7. The van der Waals surface area contributed by atoms with Crippen LogP contribution in [0.2, 0.25) is 0 Å². The van der Waals surface area contributed by atoms with Crippen molar-refractivity contribution in [1.82, 2.24) is 14.5 Å². The van der Waals surface area contributed by atoms with Gasteiger partial charge in [0.1, 0.15) is 0 Å². The van der Waals surface area contributed by atoms with Crippen LogP contribution in [0.25, 0.3) is 11.3 Å². The standard InChI is InChI=1S/C21H22N4O3/c1-24-12-10-21(28,20(24)27)9-8-14-5-4-6-15(13-14)17-16-7-2-3-11-25(16)19(23-17)18(22)26/h4-6,13,28H,2-3,7,10-12H2,1H3,(H2,22,26)/t21-/m0/s1. The van der Waals surface area contributed by atoms with Crippen LogP contribution < -0.4 is 5.73 Å². The van der Waals surface area contributed by atoms with Crippen molar-refractivity contribution in [1.29, 1.82) is 0 Å². The van der Waals surface area contributed by atoms with Gasteiger partial charge in [0.05, 0.1) is 5.69 Å². The summed E-state index contributed by atoms with van der Waals surface area (Å²) in [6, 6.07) is 7.45. The Morgan fingerprint density at radius 1 is 1.32 bits per heavy atom. The predicted molar refractivity (Wildman–Crippen MR) is 103 cm³/mol. The number of hydrogen-bond donors (Lipinski definition) is 2. The number of carbonyl (C=O) groups is 2. The first-order chi connectivity index (χ1) is 13.4. The third kappa shape index (κ3) is 3.06. The molecule has 0 unspecified atom stereocenters. The second kappa shape index (κ2) is 6.80. The highest BCUT2D eigenvalue weighted by molar-refractivity contribution is 5.91. The Morgan fingerprint density at radius 3 is 2.86 bits per heavy atom. The molecule has 1 aromatic carbocycles. The maximum absolute atomic E-state index is 12.1. The van der Waals surface area contributed by atoms with Crippen molar-refractivity contribution in [2.75, 3.05) is 13.6 Å². The quantitative estimate of drug-likeness (QED) is 0.759. The van der Waals surface area contributed by atoms with Gasteiger partial charge in [0.2, 0.25) is 5.60 Å². The predicted octanol–water partition coefficient (Wildman–Crippen LogP) is 0.930. The molecule has 1 fully saturated rings. The van der Waals surface area contributed by atoms with E-state index >= 15 is 0 Å². The van der Waals surface area contributed by atoms with Crippen LogP contribution in [0, 0.1) is 11.8 Å². The summed E-state index contributed by atoms with van der Waals surface area (Å²) in [5.41, 5.74) is 7.15. The van der Waals surface area contributed by atoms with E-state index in [1.165, 1.54) is 4.90 Å². The number of hydrogen-bond acceptors (Lipinski definition) is 4. The Balaban J connectivity index is 1.71. The third-order valence-corrected chi connectivity index (χ3v) is 5.40. The number of primary amides is 1. The van der Waals surface area contributed by atoms with Crippen molar-refractivity contribution in [2.24, 2.45) is 5.73 Å². The van der Waals surface area contributed by atoms with Crippen LogP contribution in [0.15, 0.2) is 24.3 Å². The Kier molecular flexibility index (Phi) is 4.44. The molecule has 144 valence electrons. The van der Waals surface area contributed by atoms with Crippen LogP contribution in [-0.2, 0) is 17.8 Å². The smallest absolute Gasteiger partial charge is 0.284 e. The number of likely N-dealkylation sites (N-methyl/N-ethyl adjacent to an activating group) is 1. The van der Waals surface area contributed by atoms with E-state index in [1.54, 1.807) is 7.05 Å². The van der Waals surface area contributed by atoms with Gasteiger partial charge >= 0.3 is 0 Å². The van der Waals surface area contributed by atoms with Crippen LogP contribution in [0.3, 0.4) is 0 Å². The van der Waals surface area contributed by atoms with E-state index in [9.17, 15) is 14.7 Å². The molecule has 0 bridgehead atoms. The molecular weight excluding hydrogens is 356 g/mol. The number of amides is 2. The average Bonchev–Trinajstić information content (AvgIpc) is 3.21. The van der Waals surface area contributed by atoms with Crippen molar-refractivity contribution < 1.29 is 14.7 Å². The van der Waals surface area contributed by atoms with Crippen LogP contribution in [0.4, 0.5) is 0 Å². The number of likely N-dealkylation sites (tertiary alicyclic amines) is 1. The highest BCUT2D eigenvalue weighted by atomic mass is 16.3. The molecule has 2 aliphatic rings. The minimum Gasteiger partial charge on any atom is -0.369 e. The second-order valence-corrected chi connectivity index (χ2v) is 7.37. The molecule has 3 heterocycles. The fourth-order valence-electron chi connectivity index (χ4n) is 3.85. The van der Waals surface area contributed by atoms with E-state index < -0.39 is 11.5 Å². The summed E-state index contributed by atoms with van der Waals surface area (Å²) in [6.07, 6.45) is 3.17. The van der Waals surface area contributed by atoms with Crippen LogP contribution in [0.1, 0.15) is 41.1 Å². The van der Waals surface area contributed by atoms with E-state index in [4.69, 9.17) is 5.73 Å². The highest BCUT2D eigenvalue weighted by Crippen LogP contribution is 2.29. The molecular formula is C21H22N4O3. The van der Waals surface area contributed by atoms with Crippen LogP contribution >= 0.6 is 0 Å². The molecule has 2 aromatic rings. The monoisotopic (exact) mass is 378 g/mol. The number of carbonyl (C=O) groups excluding carboxylic acids is 2. The molecule has 0 radical (unpaired) electrons. The Labute approximate surface area is 163 Å². The Morgan fingerprint density at radius 2 is 2.14 bits per heavy atom. The SMILES string of the molecule is CN1CC[C@@](O)(C#Cc2cccc(-c3nc(C(N)=O)n4c3CCCC4)c2)C1=O.